The van der Waals surface area contributed by atoms with Gasteiger partial charge < -0.3 is 5.73 Å². The average molecular weight is 365 g/mol. The summed E-state index contributed by atoms with van der Waals surface area (Å²) in [6, 6.07) is 14.7. The fourth-order valence-electron chi connectivity index (χ4n) is 3.33. The molecular formula is C18H19BrClN. The van der Waals surface area contributed by atoms with Gasteiger partial charge in [0.15, 0.2) is 0 Å². The van der Waals surface area contributed by atoms with E-state index in [0.717, 1.165) is 21.5 Å². The molecule has 1 aliphatic carbocycles. The first kappa shape index (κ1) is 15.1. The third kappa shape index (κ3) is 3.33. The van der Waals surface area contributed by atoms with Crippen LogP contribution < -0.4 is 5.73 Å². The first-order valence-electron chi connectivity index (χ1n) is 7.43. The first-order chi connectivity index (χ1) is 10.1. The van der Waals surface area contributed by atoms with E-state index in [1.807, 2.05) is 18.2 Å². The summed E-state index contributed by atoms with van der Waals surface area (Å²) in [5.41, 5.74) is 10.4. The molecule has 3 heteroatoms. The van der Waals surface area contributed by atoms with E-state index in [-0.39, 0.29) is 6.04 Å². The largest absolute Gasteiger partial charge is 0.324 e. The van der Waals surface area contributed by atoms with Crippen molar-refractivity contribution in [2.75, 3.05) is 0 Å². The van der Waals surface area contributed by atoms with Gasteiger partial charge in [-0.25, -0.2) is 0 Å². The summed E-state index contributed by atoms with van der Waals surface area (Å²) < 4.78 is 1.03. The van der Waals surface area contributed by atoms with Crippen molar-refractivity contribution in [1.82, 2.24) is 0 Å². The Morgan fingerprint density at radius 3 is 2.90 bits per heavy atom. The van der Waals surface area contributed by atoms with Gasteiger partial charge in [-0.15, -0.1) is 0 Å². The highest BCUT2D eigenvalue weighted by molar-refractivity contribution is 9.10. The summed E-state index contributed by atoms with van der Waals surface area (Å²) in [5, 5.41) is 0.759. The zero-order valence-electron chi connectivity index (χ0n) is 11.9. The first-order valence-corrected chi connectivity index (χ1v) is 8.60. The fourth-order valence-corrected chi connectivity index (χ4v) is 3.97. The fraction of sp³-hybridized carbons (Fsp3) is 0.333. The van der Waals surface area contributed by atoms with Crippen LogP contribution in [0.5, 0.6) is 0 Å². The van der Waals surface area contributed by atoms with E-state index < -0.39 is 0 Å². The van der Waals surface area contributed by atoms with Crippen LogP contribution in [-0.4, -0.2) is 0 Å². The summed E-state index contributed by atoms with van der Waals surface area (Å²) in [6.07, 6.45) is 4.61. The van der Waals surface area contributed by atoms with E-state index in [4.69, 9.17) is 17.3 Å². The van der Waals surface area contributed by atoms with Crippen molar-refractivity contribution < 1.29 is 0 Å². The molecule has 0 saturated heterocycles. The van der Waals surface area contributed by atoms with E-state index in [9.17, 15) is 0 Å². The normalized spacial score (nSPS) is 19.1. The third-order valence-electron chi connectivity index (χ3n) is 4.39. The van der Waals surface area contributed by atoms with Crippen molar-refractivity contribution in [3.05, 3.63) is 68.7 Å². The third-order valence-corrected chi connectivity index (χ3v) is 5.23. The topological polar surface area (TPSA) is 26.0 Å². The lowest BCUT2D eigenvalue weighted by atomic mass is 9.79. The number of rotatable bonds is 3. The molecule has 0 fully saturated rings. The maximum Gasteiger partial charge on any atom is 0.0454 e. The molecule has 2 atom stereocenters. The Hall–Kier alpha value is -0.830. The zero-order valence-corrected chi connectivity index (χ0v) is 14.2. The molecule has 0 amide bonds. The van der Waals surface area contributed by atoms with Crippen LogP contribution in [0.1, 0.15) is 47.9 Å². The number of benzene rings is 2. The van der Waals surface area contributed by atoms with Crippen molar-refractivity contribution in [1.29, 1.82) is 0 Å². The predicted octanol–water partition coefficient (Wildman–Crippen LogP) is 5.61. The lowest BCUT2D eigenvalue weighted by Gasteiger charge is -2.28. The number of fused-ring (bicyclic) bond motifs is 1. The molecular weight excluding hydrogens is 346 g/mol. The van der Waals surface area contributed by atoms with Gasteiger partial charge in [0.25, 0.3) is 0 Å². The SMILES string of the molecule is NC(CC1CCCc2ccccc21)c1cc(Br)ccc1Cl. The van der Waals surface area contributed by atoms with Gasteiger partial charge in [0.2, 0.25) is 0 Å². The van der Waals surface area contributed by atoms with Crippen LogP contribution in [0.15, 0.2) is 46.9 Å². The zero-order chi connectivity index (χ0) is 14.8. The number of hydrogen-bond acceptors (Lipinski definition) is 1. The molecule has 1 aliphatic rings. The average Bonchev–Trinajstić information content (AvgIpc) is 2.50. The maximum atomic E-state index is 6.45. The van der Waals surface area contributed by atoms with Gasteiger partial charge in [-0.3, -0.25) is 0 Å². The smallest absolute Gasteiger partial charge is 0.0454 e. The molecule has 2 aromatic carbocycles. The molecule has 21 heavy (non-hydrogen) atoms. The van der Waals surface area contributed by atoms with E-state index in [2.05, 4.69) is 40.2 Å². The molecule has 0 heterocycles. The van der Waals surface area contributed by atoms with Gasteiger partial charge in [-0.2, -0.15) is 0 Å². The van der Waals surface area contributed by atoms with Crippen molar-refractivity contribution in [3.8, 4) is 0 Å². The highest BCUT2D eigenvalue weighted by Crippen LogP contribution is 2.38. The minimum atomic E-state index is -0.0221. The van der Waals surface area contributed by atoms with Gasteiger partial charge in [-0.05, 0) is 66.5 Å². The lowest BCUT2D eigenvalue weighted by molar-refractivity contribution is 0.476. The highest BCUT2D eigenvalue weighted by atomic mass is 79.9. The number of halogens is 2. The highest BCUT2D eigenvalue weighted by Gasteiger charge is 2.23. The molecule has 0 saturated carbocycles. The Morgan fingerprint density at radius 1 is 1.24 bits per heavy atom. The number of nitrogens with two attached hydrogens (primary N) is 1. The number of aryl methyl sites for hydroxylation is 1. The van der Waals surface area contributed by atoms with Crippen LogP contribution in [-0.2, 0) is 6.42 Å². The predicted molar refractivity (Wildman–Crippen MR) is 92.8 cm³/mol. The molecule has 0 radical (unpaired) electrons. The summed E-state index contributed by atoms with van der Waals surface area (Å²) in [6.45, 7) is 0. The summed E-state index contributed by atoms with van der Waals surface area (Å²) in [5.74, 6) is 0.542. The lowest BCUT2D eigenvalue weighted by Crippen LogP contribution is -2.18. The van der Waals surface area contributed by atoms with Gasteiger partial charge >= 0.3 is 0 Å². The Bertz CT molecular complexity index is 641. The van der Waals surface area contributed by atoms with Crippen molar-refractivity contribution in [3.63, 3.8) is 0 Å². The van der Waals surface area contributed by atoms with E-state index >= 15 is 0 Å². The summed E-state index contributed by atoms with van der Waals surface area (Å²) in [4.78, 5) is 0. The van der Waals surface area contributed by atoms with Gasteiger partial charge in [0, 0.05) is 15.5 Å². The summed E-state index contributed by atoms with van der Waals surface area (Å²) in [7, 11) is 0. The Balaban J connectivity index is 1.82. The van der Waals surface area contributed by atoms with Crippen LogP contribution in [0.4, 0.5) is 0 Å². The molecule has 2 N–H and O–H groups in total. The molecule has 0 spiro atoms. The molecule has 3 rings (SSSR count). The Kier molecular flexibility index (Phi) is 4.68. The summed E-state index contributed by atoms with van der Waals surface area (Å²) >= 11 is 9.81. The van der Waals surface area contributed by atoms with E-state index in [0.29, 0.717) is 5.92 Å². The standard InChI is InChI=1S/C18H19BrClN/c19-14-8-9-17(20)16(11-14)18(21)10-13-6-3-5-12-4-1-2-7-15(12)13/h1-2,4,7-9,11,13,18H,3,5-6,10,21H2. The molecule has 0 aliphatic heterocycles. The quantitative estimate of drug-likeness (QED) is 0.752. The Labute approximate surface area is 139 Å². The van der Waals surface area contributed by atoms with Crippen LogP contribution in [0, 0.1) is 0 Å². The van der Waals surface area contributed by atoms with Crippen molar-refractivity contribution in [2.45, 2.75) is 37.6 Å². The molecule has 1 nitrogen and oxygen atoms in total. The second-order valence-electron chi connectivity index (χ2n) is 5.80. The van der Waals surface area contributed by atoms with Gasteiger partial charge in [0.1, 0.15) is 0 Å². The molecule has 110 valence electrons. The van der Waals surface area contributed by atoms with E-state index in [1.165, 1.54) is 30.4 Å². The van der Waals surface area contributed by atoms with Crippen molar-refractivity contribution in [2.24, 2.45) is 5.73 Å². The van der Waals surface area contributed by atoms with Crippen LogP contribution in [0.2, 0.25) is 5.02 Å². The molecule has 0 aromatic heterocycles. The van der Waals surface area contributed by atoms with Crippen LogP contribution in [0.3, 0.4) is 0 Å². The van der Waals surface area contributed by atoms with Crippen LogP contribution >= 0.6 is 27.5 Å². The molecule has 2 unspecified atom stereocenters. The minimum absolute atomic E-state index is 0.0221. The molecule has 0 bridgehead atoms. The second kappa shape index (κ2) is 6.51. The maximum absolute atomic E-state index is 6.45. The minimum Gasteiger partial charge on any atom is -0.324 e. The van der Waals surface area contributed by atoms with Gasteiger partial charge in [-0.1, -0.05) is 51.8 Å². The molecule has 2 aromatic rings. The second-order valence-corrected chi connectivity index (χ2v) is 7.12. The Morgan fingerprint density at radius 2 is 2.05 bits per heavy atom. The van der Waals surface area contributed by atoms with Gasteiger partial charge in [0.05, 0.1) is 0 Å². The van der Waals surface area contributed by atoms with Crippen LogP contribution in [0.25, 0.3) is 0 Å². The van der Waals surface area contributed by atoms with E-state index in [1.54, 1.807) is 0 Å². The monoisotopic (exact) mass is 363 g/mol. The van der Waals surface area contributed by atoms with Crippen molar-refractivity contribution >= 4 is 27.5 Å². The number of hydrogen-bond donors (Lipinski definition) is 1.